The summed E-state index contributed by atoms with van der Waals surface area (Å²) in [4.78, 5) is 2.42. The molecular weight excluding hydrogens is 711 g/mol. The van der Waals surface area contributed by atoms with E-state index in [0.29, 0.717) is 0 Å². The van der Waals surface area contributed by atoms with Crippen molar-refractivity contribution in [3.05, 3.63) is 247 Å². The zero-order valence-corrected chi connectivity index (χ0v) is 32.9. The lowest BCUT2D eigenvalue weighted by Gasteiger charge is -2.29. The van der Waals surface area contributed by atoms with Crippen molar-refractivity contribution >= 4 is 38.6 Å². The van der Waals surface area contributed by atoms with Gasteiger partial charge in [-0.15, -0.1) is 0 Å². The van der Waals surface area contributed by atoms with Gasteiger partial charge in [0.2, 0.25) is 0 Å². The Balaban J connectivity index is 1.02. The third-order valence-corrected chi connectivity index (χ3v) is 12.5. The van der Waals surface area contributed by atoms with E-state index >= 15 is 0 Å². The van der Waals surface area contributed by atoms with Crippen LogP contribution in [0.3, 0.4) is 0 Å². The predicted molar refractivity (Wildman–Crippen MR) is 250 cm³/mol. The summed E-state index contributed by atoms with van der Waals surface area (Å²) in [5, 5.41) is 4.95. The molecule has 1 nitrogen and oxygen atoms in total. The molecule has 0 amide bonds. The number of hydrogen-bond donors (Lipinski definition) is 0. The molecule has 0 saturated carbocycles. The van der Waals surface area contributed by atoms with Gasteiger partial charge in [-0.25, -0.2) is 0 Å². The molecule has 0 spiro atoms. The molecule has 0 heterocycles. The second-order valence-corrected chi connectivity index (χ2v) is 15.8. The van der Waals surface area contributed by atoms with Crippen LogP contribution in [0.25, 0.3) is 66.1 Å². The molecule has 11 rings (SSSR count). The van der Waals surface area contributed by atoms with Crippen molar-refractivity contribution in [2.75, 3.05) is 4.90 Å². The van der Waals surface area contributed by atoms with E-state index in [4.69, 9.17) is 0 Å². The summed E-state index contributed by atoms with van der Waals surface area (Å²) in [6, 6.07) is 84.5. The fraction of sp³-hybridized carbons (Fsp3) is 0.0345. The maximum absolute atomic E-state index is 2.42. The topological polar surface area (TPSA) is 3.24 Å². The molecule has 59 heavy (non-hydrogen) atoms. The van der Waals surface area contributed by atoms with Gasteiger partial charge in [-0.2, -0.15) is 0 Å². The monoisotopic (exact) mass is 751 g/mol. The first-order chi connectivity index (χ1) is 29.1. The second-order valence-electron chi connectivity index (χ2n) is 15.8. The minimum absolute atomic E-state index is 0.243. The number of benzene rings is 10. The normalized spacial score (nSPS) is 14.3. The molecule has 1 aliphatic carbocycles. The Hall–Kier alpha value is -7.48. The summed E-state index contributed by atoms with van der Waals surface area (Å²) in [5.41, 5.74) is 17.0. The Bertz CT molecular complexity index is 3160. The lowest BCUT2D eigenvalue weighted by Crippen LogP contribution is -2.22. The van der Waals surface area contributed by atoms with Crippen LogP contribution in [0.15, 0.2) is 231 Å². The molecule has 10 aromatic carbocycles. The fourth-order valence-electron chi connectivity index (χ4n) is 9.52. The van der Waals surface area contributed by atoms with Gasteiger partial charge >= 0.3 is 0 Å². The zero-order valence-electron chi connectivity index (χ0n) is 32.9. The third-order valence-electron chi connectivity index (χ3n) is 12.5. The summed E-state index contributed by atoms with van der Waals surface area (Å²) in [6.45, 7) is 2.38. The van der Waals surface area contributed by atoms with Gasteiger partial charge in [0.15, 0.2) is 0 Å². The average Bonchev–Trinajstić information content (AvgIpc) is 3.58. The fourth-order valence-corrected chi connectivity index (χ4v) is 9.52. The van der Waals surface area contributed by atoms with Crippen molar-refractivity contribution in [2.24, 2.45) is 0 Å². The lowest BCUT2D eigenvalue weighted by atomic mass is 9.74. The molecule has 0 radical (unpaired) electrons. The van der Waals surface area contributed by atoms with Crippen molar-refractivity contribution in [3.8, 4) is 44.5 Å². The third kappa shape index (κ3) is 5.86. The molecule has 0 aliphatic heterocycles. The first-order valence-electron chi connectivity index (χ1n) is 20.5. The quantitative estimate of drug-likeness (QED) is 0.157. The smallest absolute Gasteiger partial charge is 0.0540 e. The zero-order chi connectivity index (χ0) is 39.3. The van der Waals surface area contributed by atoms with E-state index in [0.717, 1.165) is 17.1 Å². The van der Waals surface area contributed by atoms with Gasteiger partial charge in [0.1, 0.15) is 0 Å². The maximum atomic E-state index is 2.42. The van der Waals surface area contributed by atoms with E-state index in [1.165, 1.54) is 82.7 Å². The summed E-state index contributed by atoms with van der Waals surface area (Å²) in [7, 11) is 0. The summed E-state index contributed by atoms with van der Waals surface area (Å²) in [5.74, 6) is 0. The number of fused-ring (bicyclic) bond motifs is 5. The molecule has 1 unspecified atom stereocenters. The molecule has 10 aromatic rings. The second kappa shape index (κ2) is 14.2. The van der Waals surface area contributed by atoms with E-state index in [9.17, 15) is 0 Å². The van der Waals surface area contributed by atoms with Crippen molar-refractivity contribution in [1.29, 1.82) is 0 Å². The van der Waals surface area contributed by atoms with Crippen LogP contribution >= 0.6 is 0 Å². The Morgan fingerprint density at radius 1 is 0.322 bits per heavy atom. The average molecular weight is 752 g/mol. The maximum Gasteiger partial charge on any atom is 0.0540 e. The Kier molecular flexibility index (Phi) is 8.34. The van der Waals surface area contributed by atoms with E-state index < -0.39 is 0 Å². The van der Waals surface area contributed by atoms with Crippen molar-refractivity contribution < 1.29 is 0 Å². The highest BCUT2D eigenvalue weighted by molar-refractivity contribution is 5.96. The summed E-state index contributed by atoms with van der Waals surface area (Å²) in [6.07, 6.45) is 0. The summed E-state index contributed by atoms with van der Waals surface area (Å²) < 4.78 is 0. The van der Waals surface area contributed by atoms with Crippen molar-refractivity contribution in [3.63, 3.8) is 0 Å². The Morgan fingerprint density at radius 2 is 0.831 bits per heavy atom. The highest BCUT2D eigenvalue weighted by atomic mass is 15.1. The number of rotatable bonds is 7. The lowest BCUT2D eigenvalue weighted by molar-refractivity contribution is 0.714. The number of hydrogen-bond acceptors (Lipinski definition) is 1. The van der Waals surface area contributed by atoms with Crippen LogP contribution in [0.4, 0.5) is 17.1 Å². The van der Waals surface area contributed by atoms with Crippen LogP contribution in [-0.2, 0) is 5.41 Å². The Labute approximate surface area is 346 Å². The minimum Gasteiger partial charge on any atom is -0.310 e. The van der Waals surface area contributed by atoms with Gasteiger partial charge in [0, 0.05) is 22.4 Å². The number of anilines is 3. The van der Waals surface area contributed by atoms with Crippen LogP contribution in [0, 0.1) is 0 Å². The highest BCUT2D eigenvalue weighted by Gasteiger charge is 2.41. The molecule has 0 N–H and O–H groups in total. The van der Waals surface area contributed by atoms with Crippen molar-refractivity contribution in [1.82, 2.24) is 0 Å². The largest absolute Gasteiger partial charge is 0.310 e. The molecule has 0 saturated heterocycles. The molecule has 278 valence electrons. The minimum atomic E-state index is -0.243. The number of para-hydroxylation sites is 1. The van der Waals surface area contributed by atoms with Gasteiger partial charge < -0.3 is 4.90 Å². The standard InChI is InChI=1S/C58H41N/c1-58(48-18-3-2-4-19-48)54-23-11-9-21-53(54)57-52(22-13-24-55(57)58)44-33-35-49(36-34-44)59(50-37-32-41-15-6-8-17-46(41)39-50)56-25-12-10-20-51(56)43-29-26-42(27-30-43)47-31-28-40-14-5-7-16-45(40)38-47/h2-39H,1H3. The van der Waals surface area contributed by atoms with Gasteiger partial charge in [-0.05, 0) is 121 Å². The highest BCUT2D eigenvalue weighted by Crippen LogP contribution is 2.55. The van der Waals surface area contributed by atoms with Crippen LogP contribution in [0.1, 0.15) is 23.6 Å². The van der Waals surface area contributed by atoms with Crippen molar-refractivity contribution in [2.45, 2.75) is 12.3 Å². The molecule has 1 heteroatoms. The molecule has 0 fully saturated rings. The first-order valence-corrected chi connectivity index (χ1v) is 20.5. The first kappa shape index (κ1) is 34.7. The predicted octanol–water partition coefficient (Wildman–Crippen LogP) is 15.8. The molecule has 1 atom stereocenters. The van der Waals surface area contributed by atoms with E-state index in [-0.39, 0.29) is 5.41 Å². The molecule has 0 bridgehead atoms. The van der Waals surface area contributed by atoms with E-state index in [2.05, 4.69) is 242 Å². The van der Waals surface area contributed by atoms with Crippen LogP contribution in [-0.4, -0.2) is 0 Å². The van der Waals surface area contributed by atoms with Crippen LogP contribution < -0.4 is 4.90 Å². The summed E-state index contributed by atoms with van der Waals surface area (Å²) >= 11 is 0. The molecule has 1 aliphatic rings. The van der Waals surface area contributed by atoms with Gasteiger partial charge in [-0.3, -0.25) is 0 Å². The van der Waals surface area contributed by atoms with Gasteiger partial charge in [0.25, 0.3) is 0 Å². The Morgan fingerprint density at radius 3 is 1.59 bits per heavy atom. The molecule has 0 aromatic heterocycles. The van der Waals surface area contributed by atoms with Crippen LogP contribution in [0.2, 0.25) is 0 Å². The SMILES string of the molecule is CC1(c2ccccc2)c2ccccc2-c2c(-c3ccc(N(c4ccc5ccccc5c4)c4ccccc4-c4ccc(-c5ccc6ccccc6c5)cc4)cc3)cccc21. The van der Waals surface area contributed by atoms with Gasteiger partial charge in [-0.1, -0.05) is 194 Å². The van der Waals surface area contributed by atoms with Crippen LogP contribution in [0.5, 0.6) is 0 Å². The number of nitrogens with zero attached hydrogens (tertiary/aromatic N) is 1. The van der Waals surface area contributed by atoms with Gasteiger partial charge in [0.05, 0.1) is 5.69 Å². The molecular formula is C58H41N. The van der Waals surface area contributed by atoms with E-state index in [1.807, 2.05) is 0 Å². The van der Waals surface area contributed by atoms with E-state index in [1.54, 1.807) is 0 Å².